The van der Waals surface area contributed by atoms with Gasteiger partial charge >= 0.3 is 0 Å². The maximum absolute atomic E-state index is 6.25. The normalized spacial score (nSPS) is 24.4. The van der Waals surface area contributed by atoms with E-state index in [9.17, 15) is 0 Å². The molecule has 2 rings (SSSR count). The van der Waals surface area contributed by atoms with Crippen LogP contribution in [-0.4, -0.2) is 22.1 Å². The fourth-order valence-corrected chi connectivity index (χ4v) is 2.85. The molecule has 0 aromatic carbocycles. The summed E-state index contributed by atoms with van der Waals surface area (Å²) >= 11 is 6.25. The van der Waals surface area contributed by atoms with E-state index < -0.39 is 0 Å². The Morgan fingerprint density at radius 2 is 1.88 bits per heavy atom. The van der Waals surface area contributed by atoms with E-state index in [4.69, 9.17) is 11.6 Å². The molecule has 3 nitrogen and oxygen atoms in total. The van der Waals surface area contributed by atoms with Gasteiger partial charge in [0.25, 0.3) is 0 Å². The summed E-state index contributed by atoms with van der Waals surface area (Å²) in [6, 6.07) is 1.06. The second-order valence-corrected chi connectivity index (χ2v) is 5.26. The molecule has 0 bridgehead atoms. The lowest BCUT2D eigenvalue weighted by Crippen LogP contribution is -2.35. The Morgan fingerprint density at radius 1 is 1.24 bits per heavy atom. The van der Waals surface area contributed by atoms with Crippen LogP contribution in [0.4, 0.5) is 5.82 Å². The fraction of sp³-hybridized carbons (Fsp3) is 0.692. The Kier molecular flexibility index (Phi) is 3.57. The van der Waals surface area contributed by atoms with Crippen molar-refractivity contribution in [2.45, 2.75) is 59.0 Å². The zero-order chi connectivity index (χ0) is 12.6. The number of rotatable bonds is 2. The molecule has 2 atom stereocenters. The molecule has 1 saturated heterocycles. The van der Waals surface area contributed by atoms with Crippen LogP contribution in [0.1, 0.15) is 44.5 Å². The molecular formula is C13H20ClN3. The van der Waals surface area contributed by atoms with Gasteiger partial charge in [-0.05, 0) is 40.0 Å². The van der Waals surface area contributed by atoms with Crippen LogP contribution in [0, 0.1) is 13.8 Å². The van der Waals surface area contributed by atoms with E-state index in [1.165, 1.54) is 12.8 Å². The lowest BCUT2D eigenvalue weighted by molar-refractivity contribution is 0.618. The molecule has 1 fully saturated rings. The van der Waals surface area contributed by atoms with Crippen molar-refractivity contribution >= 4 is 17.4 Å². The third-order valence-electron chi connectivity index (χ3n) is 3.75. The van der Waals surface area contributed by atoms with E-state index in [0.717, 1.165) is 23.6 Å². The highest BCUT2D eigenvalue weighted by atomic mass is 35.5. The zero-order valence-corrected chi connectivity index (χ0v) is 11.8. The van der Waals surface area contributed by atoms with E-state index in [-0.39, 0.29) is 0 Å². The summed E-state index contributed by atoms with van der Waals surface area (Å²) in [5.74, 6) is 0.867. The molecule has 17 heavy (non-hydrogen) atoms. The fourth-order valence-electron chi connectivity index (χ4n) is 2.58. The van der Waals surface area contributed by atoms with Crippen molar-refractivity contribution in [3.05, 3.63) is 16.5 Å². The van der Waals surface area contributed by atoms with Gasteiger partial charge in [0, 0.05) is 12.1 Å². The number of anilines is 1. The zero-order valence-electron chi connectivity index (χ0n) is 11.0. The van der Waals surface area contributed by atoms with Crippen molar-refractivity contribution < 1.29 is 0 Å². The molecule has 0 saturated carbocycles. The minimum atomic E-state index is 0.508. The van der Waals surface area contributed by atoms with Gasteiger partial charge in [0.05, 0.1) is 11.4 Å². The minimum absolute atomic E-state index is 0.508. The highest BCUT2D eigenvalue weighted by Gasteiger charge is 2.32. The summed E-state index contributed by atoms with van der Waals surface area (Å²) in [5.41, 5.74) is 1.89. The first-order valence-electron chi connectivity index (χ1n) is 6.33. The third kappa shape index (κ3) is 2.25. The molecule has 94 valence electrons. The van der Waals surface area contributed by atoms with Crippen LogP contribution >= 0.6 is 11.6 Å². The summed E-state index contributed by atoms with van der Waals surface area (Å²) in [6.45, 7) is 8.40. The lowest BCUT2D eigenvalue weighted by atomic mass is 10.1. The topological polar surface area (TPSA) is 29.0 Å². The van der Waals surface area contributed by atoms with E-state index in [1.54, 1.807) is 0 Å². The van der Waals surface area contributed by atoms with Gasteiger partial charge in [-0.1, -0.05) is 18.5 Å². The Labute approximate surface area is 108 Å². The molecule has 1 aliphatic rings. The first kappa shape index (κ1) is 12.6. The highest BCUT2D eigenvalue weighted by Crippen LogP contribution is 2.34. The average molecular weight is 254 g/mol. The summed E-state index contributed by atoms with van der Waals surface area (Å²) in [6.07, 6.45) is 3.57. The molecule has 0 N–H and O–H groups in total. The Hall–Kier alpha value is -0.830. The van der Waals surface area contributed by atoms with Crippen molar-refractivity contribution in [1.29, 1.82) is 0 Å². The number of hydrogen-bond donors (Lipinski definition) is 0. The SMILES string of the molecule is CCC1CCC(C)N1c1nc(C)c(C)nc1Cl. The smallest absolute Gasteiger partial charge is 0.171 e. The first-order valence-corrected chi connectivity index (χ1v) is 6.71. The second-order valence-electron chi connectivity index (χ2n) is 4.90. The molecule has 1 aliphatic heterocycles. The van der Waals surface area contributed by atoms with Crippen molar-refractivity contribution in [3.8, 4) is 0 Å². The van der Waals surface area contributed by atoms with Crippen LogP contribution in [0.3, 0.4) is 0 Å². The van der Waals surface area contributed by atoms with E-state index in [1.807, 2.05) is 13.8 Å². The standard InChI is InChI=1S/C13H20ClN3/c1-5-11-7-6-8(2)17(11)13-12(14)15-9(3)10(4)16-13/h8,11H,5-7H2,1-4H3. The number of aromatic nitrogens is 2. The molecule has 4 heteroatoms. The molecule has 0 radical (unpaired) electrons. The Morgan fingerprint density at radius 3 is 2.53 bits per heavy atom. The molecule has 0 aliphatic carbocycles. The van der Waals surface area contributed by atoms with E-state index in [2.05, 4.69) is 28.7 Å². The van der Waals surface area contributed by atoms with E-state index in [0.29, 0.717) is 17.2 Å². The molecule has 1 aromatic heterocycles. The van der Waals surface area contributed by atoms with E-state index >= 15 is 0 Å². The second kappa shape index (κ2) is 4.81. The molecule has 2 heterocycles. The number of aryl methyl sites for hydroxylation is 2. The summed E-state index contributed by atoms with van der Waals surface area (Å²) in [5, 5.41) is 0.542. The highest BCUT2D eigenvalue weighted by molar-refractivity contribution is 6.31. The summed E-state index contributed by atoms with van der Waals surface area (Å²) in [4.78, 5) is 11.4. The molecular weight excluding hydrogens is 234 g/mol. The minimum Gasteiger partial charge on any atom is -0.348 e. The average Bonchev–Trinajstić information content (AvgIpc) is 2.65. The summed E-state index contributed by atoms with van der Waals surface area (Å²) < 4.78 is 0. The van der Waals surface area contributed by atoms with Crippen LogP contribution in [0.25, 0.3) is 0 Å². The molecule has 0 spiro atoms. The van der Waals surface area contributed by atoms with Crippen LogP contribution in [0.2, 0.25) is 5.15 Å². The van der Waals surface area contributed by atoms with Crippen molar-refractivity contribution in [2.24, 2.45) is 0 Å². The van der Waals surface area contributed by atoms with Gasteiger partial charge in [-0.2, -0.15) is 0 Å². The van der Waals surface area contributed by atoms with Crippen LogP contribution < -0.4 is 4.90 Å². The van der Waals surface area contributed by atoms with Gasteiger partial charge in [0.1, 0.15) is 0 Å². The van der Waals surface area contributed by atoms with Gasteiger partial charge in [0.15, 0.2) is 11.0 Å². The first-order chi connectivity index (χ1) is 8.04. The number of halogens is 1. The maximum Gasteiger partial charge on any atom is 0.171 e. The van der Waals surface area contributed by atoms with Gasteiger partial charge < -0.3 is 4.90 Å². The van der Waals surface area contributed by atoms with Gasteiger partial charge in [-0.3, -0.25) is 0 Å². The van der Waals surface area contributed by atoms with Crippen molar-refractivity contribution in [1.82, 2.24) is 9.97 Å². The van der Waals surface area contributed by atoms with Gasteiger partial charge in [-0.25, -0.2) is 9.97 Å². The van der Waals surface area contributed by atoms with Crippen LogP contribution in [0.15, 0.2) is 0 Å². The Balaban J connectivity index is 2.42. The van der Waals surface area contributed by atoms with Crippen molar-refractivity contribution in [3.63, 3.8) is 0 Å². The number of hydrogen-bond acceptors (Lipinski definition) is 3. The largest absolute Gasteiger partial charge is 0.348 e. The van der Waals surface area contributed by atoms with Gasteiger partial charge in [0.2, 0.25) is 0 Å². The third-order valence-corrected chi connectivity index (χ3v) is 4.00. The number of nitrogens with zero attached hydrogens (tertiary/aromatic N) is 3. The maximum atomic E-state index is 6.25. The van der Waals surface area contributed by atoms with Gasteiger partial charge in [-0.15, -0.1) is 0 Å². The van der Waals surface area contributed by atoms with Crippen LogP contribution in [-0.2, 0) is 0 Å². The van der Waals surface area contributed by atoms with Crippen molar-refractivity contribution in [2.75, 3.05) is 4.90 Å². The van der Waals surface area contributed by atoms with Crippen LogP contribution in [0.5, 0.6) is 0 Å². The quantitative estimate of drug-likeness (QED) is 0.808. The summed E-state index contributed by atoms with van der Waals surface area (Å²) in [7, 11) is 0. The Bertz CT molecular complexity index is 419. The molecule has 0 amide bonds. The predicted molar refractivity (Wildman–Crippen MR) is 71.8 cm³/mol. The monoisotopic (exact) mass is 253 g/mol. The molecule has 2 unspecified atom stereocenters. The molecule has 1 aromatic rings. The predicted octanol–water partition coefficient (Wildman–Crippen LogP) is 3.51. The lowest BCUT2D eigenvalue weighted by Gasteiger charge is -2.29.